The highest BCUT2D eigenvalue weighted by atomic mass is 32.2. The Morgan fingerprint density at radius 1 is 1.14 bits per heavy atom. The molecule has 29 heavy (non-hydrogen) atoms. The third kappa shape index (κ3) is 4.61. The van der Waals surface area contributed by atoms with Gasteiger partial charge in [-0.15, -0.1) is 21.5 Å². The quantitative estimate of drug-likeness (QED) is 0.398. The Bertz CT molecular complexity index is 1090. The molecule has 0 spiro atoms. The molecule has 0 amide bonds. The summed E-state index contributed by atoms with van der Waals surface area (Å²) in [6, 6.07) is 10.2. The van der Waals surface area contributed by atoms with Gasteiger partial charge >= 0.3 is 0 Å². The fourth-order valence-electron chi connectivity index (χ4n) is 3.06. The van der Waals surface area contributed by atoms with Crippen molar-refractivity contribution < 1.29 is 17.6 Å². The van der Waals surface area contributed by atoms with Crippen LogP contribution in [-0.2, 0) is 10.0 Å². The van der Waals surface area contributed by atoms with Crippen molar-refractivity contribution in [3.05, 3.63) is 46.7 Å². The summed E-state index contributed by atoms with van der Waals surface area (Å²) in [5.41, 5.74) is 0.534. The molecule has 2 aromatic heterocycles. The van der Waals surface area contributed by atoms with E-state index in [4.69, 9.17) is 4.42 Å². The van der Waals surface area contributed by atoms with Crippen LogP contribution in [0.15, 0.2) is 56.3 Å². The zero-order valence-corrected chi connectivity index (χ0v) is 17.9. The number of hydrogen-bond acceptors (Lipinski definition) is 8. The molecule has 1 fully saturated rings. The summed E-state index contributed by atoms with van der Waals surface area (Å²) >= 11 is 2.56. The van der Waals surface area contributed by atoms with Gasteiger partial charge in [0.25, 0.3) is 5.22 Å². The lowest BCUT2D eigenvalue weighted by molar-refractivity contribution is 0.102. The van der Waals surface area contributed by atoms with Crippen LogP contribution in [0, 0.1) is 0 Å². The predicted octanol–water partition coefficient (Wildman–Crippen LogP) is 3.95. The highest BCUT2D eigenvalue weighted by molar-refractivity contribution is 7.99. The van der Waals surface area contributed by atoms with Gasteiger partial charge in [-0.1, -0.05) is 30.3 Å². The zero-order chi connectivity index (χ0) is 20.3. The molecule has 152 valence electrons. The van der Waals surface area contributed by atoms with Crippen molar-refractivity contribution in [2.24, 2.45) is 0 Å². The monoisotopic (exact) mass is 449 g/mol. The molecular weight excluding hydrogens is 430 g/mol. The maximum absolute atomic E-state index is 12.9. The van der Waals surface area contributed by atoms with E-state index in [0.717, 1.165) is 19.3 Å². The van der Waals surface area contributed by atoms with Gasteiger partial charge in [0.1, 0.15) is 0 Å². The molecule has 0 unspecified atom stereocenters. The number of carbonyl (C=O) groups is 1. The minimum atomic E-state index is -3.54. The number of thioether (sulfide) groups is 1. The summed E-state index contributed by atoms with van der Waals surface area (Å²) in [6.45, 7) is 1.10. The number of rotatable bonds is 7. The molecule has 3 aromatic rings. The number of hydrogen-bond donors (Lipinski definition) is 0. The first-order valence-electron chi connectivity index (χ1n) is 9.17. The molecule has 0 aliphatic carbocycles. The summed E-state index contributed by atoms with van der Waals surface area (Å²) in [4.78, 5) is 13.0. The maximum atomic E-state index is 12.9. The Hall–Kier alpha value is -2.01. The lowest BCUT2D eigenvalue weighted by Crippen LogP contribution is -2.35. The normalized spacial score (nSPS) is 15.4. The first kappa shape index (κ1) is 20.3. The van der Waals surface area contributed by atoms with Gasteiger partial charge in [0.2, 0.25) is 15.9 Å². The topological polar surface area (TPSA) is 93.4 Å². The van der Waals surface area contributed by atoms with E-state index in [9.17, 15) is 13.2 Å². The molecule has 1 aliphatic heterocycles. The zero-order valence-electron chi connectivity index (χ0n) is 15.5. The molecule has 1 saturated heterocycles. The molecule has 4 rings (SSSR count). The van der Waals surface area contributed by atoms with Crippen LogP contribution in [0.1, 0.15) is 28.9 Å². The summed E-state index contributed by atoms with van der Waals surface area (Å²) in [5, 5.41) is 10.1. The number of benzene rings is 1. The van der Waals surface area contributed by atoms with Crippen molar-refractivity contribution in [1.82, 2.24) is 14.5 Å². The number of Topliss-reactive ketones (excluding diaryl/α,β-unsaturated/α-hetero) is 1. The summed E-state index contributed by atoms with van der Waals surface area (Å²) in [6.07, 6.45) is 2.82. The fraction of sp³-hybridized carbons (Fsp3) is 0.316. The van der Waals surface area contributed by atoms with Crippen molar-refractivity contribution in [3.8, 4) is 11.5 Å². The van der Waals surface area contributed by atoms with Crippen molar-refractivity contribution in [1.29, 1.82) is 0 Å². The van der Waals surface area contributed by atoms with E-state index in [0.29, 0.717) is 23.5 Å². The molecule has 0 radical (unpaired) electrons. The molecule has 1 aromatic carbocycles. The van der Waals surface area contributed by atoms with Crippen LogP contribution < -0.4 is 0 Å². The average Bonchev–Trinajstić information content (AvgIpc) is 3.45. The third-order valence-corrected chi connectivity index (χ3v) is 8.19. The number of aromatic nitrogens is 2. The summed E-state index contributed by atoms with van der Waals surface area (Å²) in [7, 11) is -3.54. The number of nitrogens with zero attached hydrogens (tertiary/aromatic N) is 3. The highest BCUT2D eigenvalue weighted by Gasteiger charge is 2.26. The Morgan fingerprint density at radius 2 is 1.97 bits per heavy atom. The number of thiophene rings is 1. The fourth-order valence-corrected chi connectivity index (χ4v) is 6.03. The van der Waals surface area contributed by atoms with E-state index in [1.807, 2.05) is 11.4 Å². The second-order valence-electron chi connectivity index (χ2n) is 6.55. The average molecular weight is 450 g/mol. The number of carbonyl (C=O) groups excluding carboxylic acids is 1. The number of piperidine rings is 1. The van der Waals surface area contributed by atoms with Gasteiger partial charge in [-0.05, 0) is 42.5 Å². The molecule has 1 aliphatic rings. The predicted molar refractivity (Wildman–Crippen MR) is 112 cm³/mol. The van der Waals surface area contributed by atoms with Crippen LogP contribution in [0.25, 0.3) is 11.5 Å². The van der Waals surface area contributed by atoms with Gasteiger partial charge in [-0.25, -0.2) is 8.42 Å². The van der Waals surface area contributed by atoms with E-state index < -0.39 is 10.0 Å². The summed E-state index contributed by atoms with van der Waals surface area (Å²) < 4.78 is 32.9. The van der Waals surface area contributed by atoms with Crippen molar-refractivity contribution >= 4 is 38.9 Å². The van der Waals surface area contributed by atoms with Gasteiger partial charge in [0.15, 0.2) is 5.78 Å². The van der Waals surface area contributed by atoms with Crippen LogP contribution in [-0.4, -0.2) is 47.5 Å². The van der Waals surface area contributed by atoms with Crippen molar-refractivity contribution in [2.75, 3.05) is 18.8 Å². The van der Waals surface area contributed by atoms with Crippen LogP contribution in [0.3, 0.4) is 0 Å². The van der Waals surface area contributed by atoms with E-state index in [1.54, 1.807) is 30.3 Å². The molecular formula is C19H19N3O4S3. The van der Waals surface area contributed by atoms with Crippen LogP contribution >= 0.6 is 23.1 Å². The third-order valence-electron chi connectivity index (χ3n) is 4.56. The maximum Gasteiger partial charge on any atom is 0.277 e. The molecule has 0 saturated carbocycles. The number of sulfonamides is 1. The molecule has 3 heterocycles. The van der Waals surface area contributed by atoms with Crippen LogP contribution in [0.5, 0.6) is 0 Å². The van der Waals surface area contributed by atoms with Crippen molar-refractivity contribution in [3.63, 3.8) is 0 Å². The van der Waals surface area contributed by atoms with Gasteiger partial charge < -0.3 is 4.42 Å². The second kappa shape index (κ2) is 8.78. The SMILES string of the molecule is O=C(CSc1nnc(-c2cccc(S(=O)(=O)N3CCCCC3)c2)o1)c1cccs1. The smallest absolute Gasteiger partial charge is 0.277 e. The second-order valence-corrected chi connectivity index (χ2v) is 10.4. The van der Waals surface area contributed by atoms with E-state index in [-0.39, 0.29) is 27.5 Å². The van der Waals surface area contributed by atoms with Crippen LogP contribution in [0.2, 0.25) is 0 Å². The Kier molecular flexibility index (Phi) is 6.14. The lowest BCUT2D eigenvalue weighted by Gasteiger charge is -2.25. The van der Waals surface area contributed by atoms with E-state index in [1.165, 1.54) is 27.4 Å². The Morgan fingerprint density at radius 3 is 2.72 bits per heavy atom. The van der Waals surface area contributed by atoms with Gasteiger partial charge in [0.05, 0.1) is 15.5 Å². The summed E-state index contributed by atoms with van der Waals surface area (Å²) in [5.74, 6) is 0.428. The van der Waals surface area contributed by atoms with Gasteiger partial charge in [-0.2, -0.15) is 4.31 Å². The van der Waals surface area contributed by atoms with E-state index >= 15 is 0 Å². The van der Waals surface area contributed by atoms with Gasteiger partial charge in [0, 0.05) is 18.7 Å². The lowest BCUT2D eigenvalue weighted by atomic mass is 10.2. The Balaban J connectivity index is 1.48. The molecule has 0 N–H and O–H groups in total. The molecule has 10 heteroatoms. The number of ketones is 1. The minimum Gasteiger partial charge on any atom is -0.411 e. The minimum absolute atomic E-state index is 0.000581. The Labute approximate surface area is 177 Å². The van der Waals surface area contributed by atoms with Crippen molar-refractivity contribution in [2.45, 2.75) is 29.4 Å². The highest BCUT2D eigenvalue weighted by Crippen LogP contribution is 2.27. The molecule has 7 nitrogen and oxygen atoms in total. The molecule has 0 atom stereocenters. The molecule has 0 bridgehead atoms. The largest absolute Gasteiger partial charge is 0.411 e. The first-order chi connectivity index (χ1) is 14.0. The standard InChI is InChI=1S/C19H19N3O4S3/c23-16(17-8-5-11-27-17)13-28-19-21-20-18(26-19)14-6-4-7-15(12-14)29(24,25)22-9-2-1-3-10-22/h4-8,11-12H,1-3,9-10,13H2. The van der Waals surface area contributed by atoms with E-state index in [2.05, 4.69) is 10.2 Å². The van der Waals surface area contributed by atoms with Crippen LogP contribution in [0.4, 0.5) is 0 Å². The van der Waals surface area contributed by atoms with Gasteiger partial charge in [-0.3, -0.25) is 4.79 Å². The first-order valence-corrected chi connectivity index (χ1v) is 12.5.